The molecular formula is C14H16N4O2. The Balaban J connectivity index is 1.81. The van der Waals surface area contributed by atoms with E-state index in [2.05, 4.69) is 10.3 Å². The van der Waals surface area contributed by atoms with Gasteiger partial charge in [0.05, 0.1) is 0 Å². The van der Waals surface area contributed by atoms with E-state index in [9.17, 15) is 9.59 Å². The molecule has 0 spiro atoms. The van der Waals surface area contributed by atoms with Crippen LogP contribution in [0, 0.1) is 0 Å². The molecular weight excluding hydrogens is 256 g/mol. The van der Waals surface area contributed by atoms with Crippen LogP contribution < -0.4 is 16.7 Å². The molecule has 0 atom stereocenters. The van der Waals surface area contributed by atoms with Gasteiger partial charge in [-0.15, -0.1) is 0 Å². The first-order valence-electron chi connectivity index (χ1n) is 6.32. The van der Waals surface area contributed by atoms with E-state index in [0.717, 1.165) is 0 Å². The number of anilines is 2. The van der Waals surface area contributed by atoms with Gasteiger partial charge in [-0.05, 0) is 30.7 Å². The summed E-state index contributed by atoms with van der Waals surface area (Å²) >= 11 is 0. The summed E-state index contributed by atoms with van der Waals surface area (Å²) < 4.78 is 1.48. The van der Waals surface area contributed by atoms with Crippen LogP contribution >= 0.6 is 0 Å². The van der Waals surface area contributed by atoms with Gasteiger partial charge >= 0.3 is 5.69 Å². The minimum atomic E-state index is -0.302. The number of amides is 1. The number of carbonyl (C=O) groups excluding carboxylic acids is 1. The van der Waals surface area contributed by atoms with Crippen LogP contribution in [0.4, 0.5) is 11.4 Å². The molecule has 0 fully saturated rings. The van der Waals surface area contributed by atoms with E-state index in [1.807, 2.05) is 0 Å². The average Bonchev–Trinajstić information content (AvgIpc) is 2.41. The molecule has 0 unspecified atom stereocenters. The summed E-state index contributed by atoms with van der Waals surface area (Å²) in [6, 6.07) is 8.70. The molecule has 0 saturated carbocycles. The molecule has 104 valence electrons. The van der Waals surface area contributed by atoms with Crippen molar-refractivity contribution in [1.82, 2.24) is 9.55 Å². The van der Waals surface area contributed by atoms with Crippen LogP contribution in [0.5, 0.6) is 0 Å². The Morgan fingerprint density at radius 1 is 1.35 bits per heavy atom. The number of nitrogens with zero attached hydrogens (tertiary/aromatic N) is 2. The maximum atomic E-state index is 11.7. The van der Waals surface area contributed by atoms with E-state index < -0.39 is 0 Å². The van der Waals surface area contributed by atoms with Gasteiger partial charge in [-0.25, -0.2) is 9.78 Å². The largest absolute Gasteiger partial charge is 0.399 e. The highest BCUT2D eigenvalue weighted by Crippen LogP contribution is 2.12. The van der Waals surface area contributed by atoms with E-state index in [-0.39, 0.29) is 11.6 Å². The Labute approximate surface area is 116 Å². The third-order valence-corrected chi connectivity index (χ3v) is 2.76. The highest BCUT2D eigenvalue weighted by atomic mass is 16.2. The van der Waals surface area contributed by atoms with E-state index in [4.69, 9.17) is 5.73 Å². The normalized spacial score (nSPS) is 10.2. The molecule has 6 heteroatoms. The zero-order chi connectivity index (χ0) is 14.4. The molecule has 2 rings (SSSR count). The number of carbonyl (C=O) groups is 1. The van der Waals surface area contributed by atoms with Crippen LogP contribution in [0.1, 0.15) is 12.8 Å². The highest BCUT2D eigenvalue weighted by molar-refractivity contribution is 5.91. The first-order chi connectivity index (χ1) is 9.65. The number of aromatic nitrogens is 2. The van der Waals surface area contributed by atoms with Gasteiger partial charge in [0, 0.05) is 36.7 Å². The number of aryl methyl sites for hydroxylation is 1. The topological polar surface area (TPSA) is 90.0 Å². The zero-order valence-corrected chi connectivity index (χ0v) is 11.0. The highest BCUT2D eigenvalue weighted by Gasteiger charge is 2.03. The van der Waals surface area contributed by atoms with Crippen molar-refractivity contribution in [1.29, 1.82) is 0 Å². The summed E-state index contributed by atoms with van der Waals surface area (Å²) in [4.78, 5) is 26.8. The fraction of sp³-hybridized carbons (Fsp3) is 0.214. The van der Waals surface area contributed by atoms with Crippen LogP contribution in [0.2, 0.25) is 0 Å². The summed E-state index contributed by atoms with van der Waals surface area (Å²) in [5, 5.41) is 2.76. The Morgan fingerprint density at radius 2 is 2.20 bits per heavy atom. The van der Waals surface area contributed by atoms with E-state index in [1.54, 1.807) is 36.5 Å². The second kappa shape index (κ2) is 6.51. The molecule has 1 aromatic heterocycles. The second-order valence-electron chi connectivity index (χ2n) is 4.37. The number of hydrogen-bond acceptors (Lipinski definition) is 4. The van der Waals surface area contributed by atoms with Gasteiger partial charge in [0.25, 0.3) is 0 Å². The van der Waals surface area contributed by atoms with Crippen LogP contribution in [0.3, 0.4) is 0 Å². The lowest BCUT2D eigenvalue weighted by Crippen LogP contribution is -2.22. The molecule has 2 aromatic rings. The minimum absolute atomic E-state index is 0.104. The van der Waals surface area contributed by atoms with Crippen molar-refractivity contribution in [2.75, 3.05) is 11.1 Å². The van der Waals surface area contributed by atoms with Gasteiger partial charge in [0.2, 0.25) is 5.91 Å². The SMILES string of the molecule is Nc1cccc(NC(=O)CCCn2cccnc2=O)c1. The lowest BCUT2D eigenvalue weighted by molar-refractivity contribution is -0.116. The fourth-order valence-corrected chi connectivity index (χ4v) is 1.81. The predicted molar refractivity (Wildman–Crippen MR) is 77.2 cm³/mol. The monoisotopic (exact) mass is 272 g/mol. The van der Waals surface area contributed by atoms with Gasteiger partial charge in [-0.3, -0.25) is 9.36 Å². The summed E-state index contributed by atoms with van der Waals surface area (Å²) in [6.45, 7) is 0.469. The Hall–Kier alpha value is -2.63. The number of nitrogens with one attached hydrogen (secondary N) is 1. The van der Waals surface area contributed by atoms with Crippen molar-refractivity contribution < 1.29 is 4.79 Å². The predicted octanol–water partition coefficient (Wildman–Crippen LogP) is 1.24. The Bertz CT molecular complexity index is 651. The second-order valence-corrected chi connectivity index (χ2v) is 4.37. The van der Waals surface area contributed by atoms with E-state index >= 15 is 0 Å². The smallest absolute Gasteiger partial charge is 0.347 e. The Kier molecular flexibility index (Phi) is 4.49. The van der Waals surface area contributed by atoms with Gasteiger partial charge < -0.3 is 11.1 Å². The number of nitrogens with two attached hydrogens (primary N) is 1. The lowest BCUT2D eigenvalue weighted by Gasteiger charge is -2.06. The molecule has 0 aliphatic heterocycles. The fourth-order valence-electron chi connectivity index (χ4n) is 1.81. The summed E-state index contributed by atoms with van der Waals surface area (Å²) in [6.07, 6.45) is 4.01. The maximum Gasteiger partial charge on any atom is 0.347 e. The molecule has 0 aliphatic carbocycles. The molecule has 6 nitrogen and oxygen atoms in total. The summed E-state index contributed by atoms with van der Waals surface area (Å²) in [7, 11) is 0. The lowest BCUT2D eigenvalue weighted by atomic mass is 10.2. The molecule has 1 amide bonds. The van der Waals surface area contributed by atoms with Gasteiger partial charge in [-0.2, -0.15) is 0 Å². The standard InChI is InChI=1S/C14H16N4O2/c15-11-4-1-5-12(10-11)17-13(19)6-2-8-18-9-3-7-16-14(18)20/h1,3-5,7,9-10H,2,6,8,15H2,(H,17,19). The first-order valence-corrected chi connectivity index (χ1v) is 6.32. The molecule has 1 aromatic carbocycles. The number of nitrogen functional groups attached to an aromatic ring is 1. The average molecular weight is 272 g/mol. The molecule has 0 saturated heterocycles. The summed E-state index contributed by atoms with van der Waals surface area (Å²) in [5.74, 6) is -0.104. The van der Waals surface area contributed by atoms with E-state index in [0.29, 0.717) is 30.8 Å². The number of benzene rings is 1. The first kappa shape index (κ1) is 13.8. The van der Waals surface area contributed by atoms with Crippen LogP contribution in [-0.4, -0.2) is 15.5 Å². The van der Waals surface area contributed by atoms with Crippen molar-refractivity contribution in [2.45, 2.75) is 19.4 Å². The van der Waals surface area contributed by atoms with Crippen molar-refractivity contribution >= 4 is 17.3 Å². The number of rotatable bonds is 5. The third kappa shape index (κ3) is 3.94. The van der Waals surface area contributed by atoms with Gasteiger partial charge in [0.15, 0.2) is 0 Å². The van der Waals surface area contributed by atoms with Crippen LogP contribution in [0.15, 0.2) is 47.5 Å². The van der Waals surface area contributed by atoms with Crippen molar-refractivity contribution in [3.63, 3.8) is 0 Å². The quantitative estimate of drug-likeness (QED) is 0.801. The summed E-state index contributed by atoms with van der Waals surface area (Å²) in [5.41, 5.74) is 6.60. The minimum Gasteiger partial charge on any atom is -0.399 e. The molecule has 20 heavy (non-hydrogen) atoms. The molecule has 1 heterocycles. The van der Waals surface area contributed by atoms with Crippen molar-refractivity contribution in [3.05, 3.63) is 53.2 Å². The zero-order valence-electron chi connectivity index (χ0n) is 11.0. The molecule has 0 bridgehead atoms. The van der Waals surface area contributed by atoms with Gasteiger partial charge in [0.1, 0.15) is 0 Å². The van der Waals surface area contributed by atoms with Crippen LogP contribution in [-0.2, 0) is 11.3 Å². The molecule has 3 N–H and O–H groups in total. The molecule has 0 aliphatic rings. The van der Waals surface area contributed by atoms with Crippen LogP contribution in [0.25, 0.3) is 0 Å². The maximum absolute atomic E-state index is 11.7. The number of hydrogen-bond donors (Lipinski definition) is 2. The van der Waals surface area contributed by atoms with Crippen molar-refractivity contribution in [2.24, 2.45) is 0 Å². The third-order valence-electron chi connectivity index (χ3n) is 2.76. The van der Waals surface area contributed by atoms with Crippen molar-refractivity contribution in [3.8, 4) is 0 Å². The van der Waals surface area contributed by atoms with E-state index in [1.165, 1.54) is 10.8 Å². The van der Waals surface area contributed by atoms with Gasteiger partial charge in [-0.1, -0.05) is 6.07 Å². The molecule has 0 radical (unpaired) electrons. The Morgan fingerprint density at radius 3 is 2.95 bits per heavy atom.